The molecular weight excluding hydrogens is 579 g/mol. The molecule has 13 rings (SSSR count). The summed E-state index contributed by atoms with van der Waals surface area (Å²) in [5.41, 5.74) is 20.4. The maximum absolute atomic E-state index is 2.75. The Hall–Kier alpha value is -5.87. The van der Waals surface area contributed by atoms with E-state index in [0.29, 0.717) is 0 Å². The smallest absolute Gasteiger partial charge is 0.332 e. The zero-order valence-corrected chi connectivity index (χ0v) is 25.9. The molecule has 0 aliphatic carbocycles. The summed E-state index contributed by atoms with van der Waals surface area (Å²) in [6, 6.07) is 55.2. The van der Waals surface area contributed by atoms with Gasteiger partial charge in [0.15, 0.2) is 0 Å². The van der Waals surface area contributed by atoms with Gasteiger partial charge in [-0.3, -0.25) is 0 Å². The first kappa shape index (κ1) is 24.3. The van der Waals surface area contributed by atoms with Crippen molar-refractivity contribution in [1.29, 1.82) is 0 Å². The molecule has 0 amide bonds. The van der Waals surface area contributed by atoms with Crippen molar-refractivity contribution >= 4 is 70.0 Å². The Bertz CT molecular complexity index is 2180. The van der Waals surface area contributed by atoms with Gasteiger partial charge in [0.05, 0.1) is 0 Å². The van der Waals surface area contributed by atoms with Gasteiger partial charge in [0.2, 0.25) is 0 Å². The van der Waals surface area contributed by atoms with Crippen LogP contribution in [0.5, 0.6) is 0 Å². The third-order valence-corrected chi connectivity index (χ3v) is 12.0. The van der Waals surface area contributed by atoms with Gasteiger partial charge in [-0.1, -0.05) is 146 Å². The van der Waals surface area contributed by atoms with Crippen LogP contribution in [-0.4, -0.2) is 35.0 Å². The van der Waals surface area contributed by atoms with Crippen LogP contribution in [0.2, 0.25) is 0 Å². The maximum Gasteiger partial charge on any atom is 0.332 e. The molecule has 0 spiro atoms. The van der Waals surface area contributed by atoms with E-state index in [1.807, 2.05) is 0 Å². The molecule has 1 saturated heterocycles. The predicted molar refractivity (Wildman–Crippen MR) is 197 cm³/mol. The molecule has 0 aromatic heterocycles. The Kier molecular flexibility index (Phi) is 4.13. The highest BCUT2D eigenvalue weighted by atomic mass is 15.5. The summed E-state index contributed by atoms with van der Waals surface area (Å²) in [4.78, 5) is 8.26. The van der Waals surface area contributed by atoms with Gasteiger partial charge < -0.3 is 14.4 Å². The van der Waals surface area contributed by atoms with Crippen LogP contribution in [0.1, 0.15) is 33.4 Å². The van der Waals surface area contributed by atoms with E-state index >= 15 is 0 Å². The lowest BCUT2D eigenvalue weighted by Gasteiger charge is -2.64. The predicted octanol–water partition coefficient (Wildman–Crippen LogP) is 3.46. The summed E-state index contributed by atoms with van der Waals surface area (Å²) in [5, 5.41) is 0. The van der Waals surface area contributed by atoms with Crippen LogP contribution in [-0.2, 0) is 0 Å². The van der Waals surface area contributed by atoms with Crippen LogP contribution in [0.15, 0.2) is 163 Å². The molecule has 1 fully saturated rings. The van der Waals surface area contributed by atoms with Crippen LogP contribution >= 0.6 is 0 Å². The molecule has 6 aromatic carbocycles. The second-order valence-corrected chi connectivity index (χ2v) is 13.9. The summed E-state index contributed by atoms with van der Waals surface area (Å²) in [7, 11) is 0. The average molecular weight is 603 g/mol. The average Bonchev–Trinajstić information content (AvgIpc) is 3.16. The van der Waals surface area contributed by atoms with Crippen molar-refractivity contribution in [3.63, 3.8) is 0 Å². The van der Waals surface area contributed by atoms with Crippen molar-refractivity contribution in [2.75, 3.05) is 0 Å². The molecule has 7 heterocycles. The highest BCUT2D eigenvalue weighted by molar-refractivity contribution is 6.91. The minimum absolute atomic E-state index is 0.0612. The zero-order chi connectivity index (χ0) is 30.8. The van der Waals surface area contributed by atoms with Gasteiger partial charge in [-0.25, -0.2) is 0 Å². The topological polar surface area (TPSA) is 9.72 Å². The van der Waals surface area contributed by atoms with E-state index in [1.165, 1.54) is 100 Å². The molecule has 7 aliphatic heterocycles. The minimum atomic E-state index is 0.0612. The molecule has 0 unspecified atom stereocenters. The molecule has 6 aromatic rings. The normalized spacial score (nSPS) is 17.5. The van der Waals surface area contributed by atoms with Crippen LogP contribution in [0.3, 0.4) is 0 Å². The fraction of sp³-hybridized carbons (Fsp3) is 0. The van der Waals surface area contributed by atoms with Crippen LogP contribution in [0.4, 0.5) is 0 Å². The molecule has 48 heavy (non-hydrogen) atoms. The Labute approximate surface area is 280 Å². The van der Waals surface area contributed by atoms with Crippen molar-refractivity contribution in [1.82, 2.24) is 14.4 Å². The fourth-order valence-electron chi connectivity index (χ4n) is 10.4. The summed E-state index contributed by atoms with van der Waals surface area (Å²) in [6.45, 7) is 0.184. The number of rotatable bonds is 0. The Morgan fingerprint density at radius 1 is 0.250 bits per heavy atom. The molecule has 3 nitrogen and oxygen atoms in total. The second-order valence-electron chi connectivity index (χ2n) is 13.9. The van der Waals surface area contributed by atoms with Gasteiger partial charge in [0.25, 0.3) is 0 Å². The number of benzene rings is 6. The lowest BCUT2D eigenvalue weighted by molar-refractivity contribution is 0.311. The van der Waals surface area contributed by atoms with Gasteiger partial charge in [0, 0.05) is 16.7 Å². The number of nitrogens with zero attached hydrogens (tertiary/aromatic N) is 3. The molecule has 0 N–H and O–H groups in total. The van der Waals surface area contributed by atoms with Crippen LogP contribution in [0.25, 0.3) is 16.7 Å². The lowest BCUT2D eigenvalue weighted by Crippen LogP contribution is -2.78. The first-order valence-electron chi connectivity index (χ1n) is 17.1. The van der Waals surface area contributed by atoms with E-state index in [0.717, 1.165) is 0 Å². The molecule has 7 aliphatic rings. The zero-order valence-electron chi connectivity index (χ0n) is 25.9. The molecule has 6 heteroatoms. The Morgan fingerprint density at radius 2 is 0.438 bits per heavy atom. The molecule has 0 radical (unpaired) electrons. The summed E-state index contributed by atoms with van der Waals surface area (Å²) in [5.74, 6) is 3.96. The van der Waals surface area contributed by atoms with E-state index in [2.05, 4.69) is 160 Å². The highest BCUT2D eigenvalue weighted by Gasteiger charge is 2.61. The van der Waals surface area contributed by atoms with Gasteiger partial charge in [-0.2, -0.15) is 0 Å². The molecular formula is C42H24B3N3. The largest absolute Gasteiger partial charge is 0.350 e. The third kappa shape index (κ3) is 2.52. The number of fused-ring (bicyclic) bond motifs is 18. The summed E-state index contributed by atoms with van der Waals surface area (Å²) < 4.78 is 0. The van der Waals surface area contributed by atoms with Gasteiger partial charge in [-0.05, 0) is 66.2 Å². The Morgan fingerprint density at radius 3 is 0.646 bits per heavy atom. The van der Waals surface area contributed by atoms with Crippen molar-refractivity contribution in [2.24, 2.45) is 0 Å². The second kappa shape index (κ2) is 8.16. The first-order valence-corrected chi connectivity index (χ1v) is 17.1. The number of hydrogen-bond donors (Lipinski definition) is 0. The fourth-order valence-corrected chi connectivity index (χ4v) is 10.4. The molecule has 216 valence electrons. The third-order valence-electron chi connectivity index (χ3n) is 12.0. The van der Waals surface area contributed by atoms with Crippen LogP contribution in [0, 0.1) is 0 Å². The standard InChI is InChI=1S/C42H24B3N3/c1-7-19-31-25(13-1)37-26-14-2-8-20-32(26)44-34-22-10-4-16-28(34)39-30-18-6-12-24-36(30)45-35-23-11-5-17-29(35)38-27-15-3-9-21-33(27)43(31)46-40(37)47(44)42(39)48(45)41(38)46/h1-24H. The minimum Gasteiger partial charge on any atom is -0.350 e. The van der Waals surface area contributed by atoms with E-state index in [4.69, 9.17) is 0 Å². The van der Waals surface area contributed by atoms with Crippen molar-refractivity contribution in [2.45, 2.75) is 0 Å². The Balaban J connectivity index is 1.32. The van der Waals surface area contributed by atoms with Gasteiger partial charge in [-0.15, -0.1) is 0 Å². The van der Waals surface area contributed by atoms with Crippen LogP contribution < -0.4 is 32.8 Å². The molecule has 0 saturated carbocycles. The lowest BCUT2D eigenvalue weighted by atomic mass is 9.36. The summed E-state index contributed by atoms with van der Waals surface area (Å²) >= 11 is 0. The SMILES string of the molecule is c1ccc2c(c1)B1c3ccccc3C3=C4N1C1=C2c2ccccc2B2c5ccccc5C5=C(N21)N4B(c1ccccc13)c1ccccc15. The molecule has 0 bridgehead atoms. The quantitative estimate of drug-likeness (QED) is 0.247. The van der Waals surface area contributed by atoms with Crippen molar-refractivity contribution in [3.05, 3.63) is 196 Å². The highest BCUT2D eigenvalue weighted by Crippen LogP contribution is 2.55. The van der Waals surface area contributed by atoms with E-state index < -0.39 is 0 Å². The molecule has 0 atom stereocenters. The summed E-state index contributed by atoms with van der Waals surface area (Å²) in [6.07, 6.45) is 0. The number of hydrogen-bond acceptors (Lipinski definition) is 3. The van der Waals surface area contributed by atoms with E-state index in [-0.39, 0.29) is 20.5 Å². The van der Waals surface area contributed by atoms with Gasteiger partial charge in [0.1, 0.15) is 17.5 Å². The van der Waals surface area contributed by atoms with E-state index in [9.17, 15) is 0 Å². The monoisotopic (exact) mass is 603 g/mol. The maximum atomic E-state index is 2.75. The first-order chi connectivity index (χ1) is 23.9. The van der Waals surface area contributed by atoms with Crippen molar-refractivity contribution < 1.29 is 0 Å². The van der Waals surface area contributed by atoms with Gasteiger partial charge >= 0.3 is 20.5 Å². The van der Waals surface area contributed by atoms with E-state index in [1.54, 1.807) is 0 Å². The van der Waals surface area contributed by atoms with Crippen molar-refractivity contribution in [3.8, 4) is 0 Å².